The summed E-state index contributed by atoms with van der Waals surface area (Å²) in [4.78, 5) is 14.0. The predicted molar refractivity (Wildman–Crippen MR) is 125 cm³/mol. The van der Waals surface area contributed by atoms with Crippen LogP contribution in [0, 0.1) is 0 Å². The Balaban J connectivity index is 1.48. The summed E-state index contributed by atoms with van der Waals surface area (Å²) in [5.74, 6) is 1.47. The number of nitrogens with one attached hydrogen (secondary N) is 1. The van der Waals surface area contributed by atoms with E-state index in [1.165, 1.54) is 11.1 Å². The van der Waals surface area contributed by atoms with E-state index in [9.17, 15) is 0 Å². The highest BCUT2D eigenvalue weighted by Gasteiger charge is 2.22. The highest BCUT2D eigenvalue weighted by atomic mass is 16.5. The molecule has 3 heterocycles. The van der Waals surface area contributed by atoms with Crippen molar-refractivity contribution in [3.8, 4) is 0 Å². The molecule has 0 radical (unpaired) electrons. The predicted octanol–water partition coefficient (Wildman–Crippen LogP) is 4.23. The van der Waals surface area contributed by atoms with Gasteiger partial charge in [0.1, 0.15) is 12.1 Å². The van der Waals surface area contributed by atoms with Gasteiger partial charge in [-0.2, -0.15) is 0 Å². The maximum absolute atomic E-state index is 5.97. The van der Waals surface area contributed by atoms with Crippen LogP contribution in [0.3, 0.4) is 0 Å². The van der Waals surface area contributed by atoms with E-state index in [1.807, 2.05) is 23.0 Å². The topological polar surface area (TPSA) is 90.9 Å². The van der Waals surface area contributed by atoms with Gasteiger partial charge in [0.05, 0.1) is 12.9 Å². The molecule has 1 saturated heterocycles. The monoisotopic (exact) mass is 428 g/mol. The van der Waals surface area contributed by atoms with Gasteiger partial charge >= 0.3 is 0 Å². The van der Waals surface area contributed by atoms with Crippen LogP contribution in [0.2, 0.25) is 0 Å². The number of nitrogens with two attached hydrogens (primary N) is 1. The molecule has 1 unspecified atom stereocenters. The van der Waals surface area contributed by atoms with E-state index in [4.69, 9.17) is 10.5 Å². The molecule has 7 nitrogen and oxygen atoms in total. The number of aromatic nitrogens is 4. The Hall–Kier alpha value is -3.29. The Morgan fingerprint density at radius 2 is 1.72 bits per heavy atom. The molecule has 0 saturated carbocycles. The van der Waals surface area contributed by atoms with Crippen LogP contribution in [0.4, 0.5) is 5.82 Å². The SMILES string of the molecule is NCc1nc(NCC(c2ccccc2)c2ccccc2)c2ncn(C3CCCCO3)c2n1. The van der Waals surface area contributed by atoms with Gasteiger partial charge in [-0.1, -0.05) is 60.7 Å². The van der Waals surface area contributed by atoms with Gasteiger partial charge in [0.15, 0.2) is 17.0 Å². The Labute approximate surface area is 187 Å². The van der Waals surface area contributed by atoms with Gasteiger partial charge in [0.2, 0.25) is 0 Å². The molecule has 4 aromatic rings. The number of fused-ring (bicyclic) bond motifs is 1. The minimum absolute atomic E-state index is 0.0384. The first-order valence-corrected chi connectivity index (χ1v) is 11.2. The van der Waals surface area contributed by atoms with Crippen LogP contribution < -0.4 is 11.1 Å². The Morgan fingerprint density at radius 3 is 2.34 bits per heavy atom. The standard InChI is InChI=1S/C25H28N6O/c26-15-21-29-24(23-25(30-21)31(17-28-23)22-13-7-8-14-32-22)27-16-20(18-9-3-1-4-10-18)19-11-5-2-6-12-19/h1-6,9-12,17,20,22H,7-8,13-16,26H2,(H,27,29,30). The van der Waals surface area contributed by atoms with Crippen molar-refractivity contribution in [1.29, 1.82) is 0 Å². The Bertz CT molecular complexity index is 1120. The van der Waals surface area contributed by atoms with Crippen LogP contribution in [0.1, 0.15) is 48.4 Å². The second kappa shape index (κ2) is 9.46. The van der Waals surface area contributed by atoms with Crippen LogP contribution in [-0.4, -0.2) is 32.7 Å². The molecule has 1 aliphatic rings. The van der Waals surface area contributed by atoms with Gasteiger partial charge in [-0.25, -0.2) is 15.0 Å². The molecule has 32 heavy (non-hydrogen) atoms. The zero-order valence-corrected chi connectivity index (χ0v) is 18.0. The second-order valence-electron chi connectivity index (χ2n) is 8.09. The third-order valence-electron chi connectivity index (χ3n) is 5.99. The number of ether oxygens (including phenoxy) is 1. The molecule has 1 fully saturated rings. The fraction of sp³-hybridized carbons (Fsp3) is 0.320. The van der Waals surface area contributed by atoms with Crippen molar-refractivity contribution in [3.05, 3.63) is 83.9 Å². The average molecular weight is 429 g/mol. The fourth-order valence-electron chi connectivity index (χ4n) is 4.33. The maximum atomic E-state index is 5.97. The Kier molecular flexibility index (Phi) is 6.09. The minimum atomic E-state index is -0.0384. The van der Waals surface area contributed by atoms with Gasteiger partial charge in [-0.3, -0.25) is 4.57 Å². The normalized spacial score (nSPS) is 16.5. The molecule has 0 amide bonds. The van der Waals surface area contributed by atoms with E-state index in [0.29, 0.717) is 18.2 Å². The number of nitrogens with zero attached hydrogens (tertiary/aromatic N) is 4. The van der Waals surface area contributed by atoms with Crippen LogP contribution in [0.25, 0.3) is 11.2 Å². The molecular formula is C25H28N6O. The highest BCUT2D eigenvalue weighted by Crippen LogP contribution is 2.29. The molecular weight excluding hydrogens is 400 g/mol. The van der Waals surface area contributed by atoms with Crippen molar-refractivity contribution in [1.82, 2.24) is 19.5 Å². The van der Waals surface area contributed by atoms with E-state index in [0.717, 1.165) is 37.0 Å². The molecule has 5 rings (SSSR count). The third kappa shape index (κ3) is 4.22. The first kappa shape index (κ1) is 20.6. The molecule has 0 spiro atoms. The minimum Gasteiger partial charge on any atom is -0.367 e. The number of hydrogen-bond acceptors (Lipinski definition) is 6. The summed E-state index contributed by atoms with van der Waals surface area (Å²) in [6.45, 7) is 1.71. The van der Waals surface area contributed by atoms with Crippen LogP contribution in [0.15, 0.2) is 67.0 Å². The molecule has 2 aromatic heterocycles. The quantitative estimate of drug-likeness (QED) is 0.458. The van der Waals surface area contributed by atoms with Crippen molar-refractivity contribution >= 4 is 17.0 Å². The van der Waals surface area contributed by atoms with E-state index in [2.05, 4.69) is 68.8 Å². The number of rotatable bonds is 7. The molecule has 0 aliphatic carbocycles. The molecule has 3 N–H and O–H groups in total. The first-order valence-electron chi connectivity index (χ1n) is 11.2. The van der Waals surface area contributed by atoms with Gasteiger partial charge in [0, 0.05) is 19.1 Å². The molecule has 164 valence electrons. The fourth-order valence-corrected chi connectivity index (χ4v) is 4.33. The van der Waals surface area contributed by atoms with Crippen LogP contribution >= 0.6 is 0 Å². The smallest absolute Gasteiger partial charge is 0.167 e. The summed E-state index contributed by atoms with van der Waals surface area (Å²) in [7, 11) is 0. The third-order valence-corrected chi connectivity index (χ3v) is 5.99. The first-order chi connectivity index (χ1) is 15.8. The van der Waals surface area contributed by atoms with E-state index in [1.54, 1.807) is 0 Å². The number of hydrogen-bond donors (Lipinski definition) is 2. The summed E-state index contributed by atoms with van der Waals surface area (Å²) >= 11 is 0. The van der Waals surface area contributed by atoms with Crippen molar-refractivity contribution in [3.63, 3.8) is 0 Å². The lowest BCUT2D eigenvalue weighted by Crippen LogP contribution is -2.19. The average Bonchev–Trinajstić information content (AvgIpc) is 3.30. The lowest BCUT2D eigenvalue weighted by Gasteiger charge is -2.24. The largest absolute Gasteiger partial charge is 0.367 e. The molecule has 1 atom stereocenters. The lowest BCUT2D eigenvalue weighted by atomic mass is 9.91. The summed E-state index contributed by atoms with van der Waals surface area (Å²) in [5.41, 5.74) is 9.94. The number of anilines is 1. The van der Waals surface area contributed by atoms with Crippen LogP contribution in [0.5, 0.6) is 0 Å². The summed E-state index contributed by atoms with van der Waals surface area (Å²) in [5, 5.41) is 3.55. The Morgan fingerprint density at radius 1 is 1.00 bits per heavy atom. The molecule has 2 aromatic carbocycles. The summed E-state index contributed by atoms with van der Waals surface area (Å²) in [6, 6.07) is 21.0. The second-order valence-corrected chi connectivity index (χ2v) is 8.09. The van der Waals surface area contributed by atoms with Crippen molar-refractivity contribution < 1.29 is 4.74 Å². The van der Waals surface area contributed by atoms with Crippen molar-refractivity contribution in [2.24, 2.45) is 5.73 Å². The van der Waals surface area contributed by atoms with E-state index >= 15 is 0 Å². The van der Waals surface area contributed by atoms with Gasteiger partial charge in [-0.15, -0.1) is 0 Å². The summed E-state index contributed by atoms with van der Waals surface area (Å²) in [6.07, 6.45) is 4.97. The zero-order chi connectivity index (χ0) is 21.8. The molecule has 1 aliphatic heterocycles. The lowest BCUT2D eigenvalue weighted by molar-refractivity contribution is -0.0298. The van der Waals surface area contributed by atoms with E-state index in [-0.39, 0.29) is 18.7 Å². The van der Waals surface area contributed by atoms with E-state index < -0.39 is 0 Å². The van der Waals surface area contributed by atoms with Crippen LogP contribution in [-0.2, 0) is 11.3 Å². The van der Waals surface area contributed by atoms with Crippen molar-refractivity contribution in [2.75, 3.05) is 18.5 Å². The van der Waals surface area contributed by atoms with Gasteiger partial charge < -0.3 is 15.8 Å². The summed E-state index contributed by atoms with van der Waals surface area (Å²) < 4.78 is 7.99. The van der Waals surface area contributed by atoms with Crippen molar-refractivity contribution in [2.45, 2.75) is 38.0 Å². The highest BCUT2D eigenvalue weighted by molar-refractivity contribution is 5.83. The number of benzene rings is 2. The number of imidazole rings is 1. The zero-order valence-electron chi connectivity index (χ0n) is 18.0. The molecule has 7 heteroatoms. The molecule has 0 bridgehead atoms. The maximum Gasteiger partial charge on any atom is 0.167 e. The van der Waals surface area contributed by atoms with Gasteiger partial charge in [0.25, 0.3) is 0 Å². The van der Waals surface area contributed by atoms with Gasteiger partial charge in [-0.05, 0) is 30.4 Å².